The SMILES string of the molecule is [N-]=[N+]=NCCOCCOCCOCCOCCNc1ccc(=O)n(CC(=O)O)c1. The van der Waals surface area contributed by atoms with Crippen LogP contribution in [-0.2, 0) is 30.3 Å². The summed E-state index contributed by atoms with van der Waals surface area (Å²) in [4.78, 5) is 24.9. The highest BCUT2D eigenvalue weighted by Crippen LogP contribution is 2.02. The highest BCUT2D eigenvalue weighted by molar-refractivity contribution is 5.66. The number of aromatic nitrogens is 1. The number of nitrogens with zero attached hydrogens (tertiary/aromatic N) is 4. The van der Waals surface area contributed by atoms with E-state index in [0.29, 0.717) is 71.6 Å². The fourth-order valence-electron chi connectivity index (χ4n) is 2.08. The van der Waals surface area contributed by atoms with E-state index in [1.54, 1.807) is 6.07 Å². The minimum Gasteiger partial charge on any atom is -0.480 e. The van der Waals surface area contributed by atoms with E-state index in [0.717, 1.165) is 4.57 Å². The molecule has 1 aromatic heterocycles. The van der Waals surface area contributed by atoms with E-state index in [9.17, 15) is 9.59 Å². The molecule has 0 aliphatic rings. The molecule has 29 heavy (non-hydrogen) atoms. The van der Waals surface area contributed by atoms with Crippen LogP contribution in [0.1, 0.15) is 0 Å². The fourth-order valence-corrected chi connectivity index (χ4v) is 2.08. The van der Waals surface area contributed by atoms with Gasteiger partial charge in [-0.25, -0.2) is 0 Å². The van der Waals surface area contributed by atoms with Crippen molar-refractivity contribution in [3.05, 3.63) is 39.1 Å². The molecule has 0 aliphatic heterocycles. The summed E-state index contributed by atoms with van der Waals surface area (Å²) in [5.41, 5.74) is 8.36. The maximum absolute atomic E-state index is 11.5. The monoisotopic (exact) mass is 413 g/mol. The Labute approximate surface area is 167 Å². The summed E-state index contributed by atoms with van der Waals surface area (Å²) >= 11 is 0. The van der Waals surface area contributed by atoms with Crippen LogP contribution >= 0.6 is 0 Å². The van der Waals surface area contributed by atoms with Crippen LogP contribution in [-0.4, -0.2) is 81.6 Å². The summed E-state index contributed by atoms with van der Waals surface area (Å²) in [6.45, 7) is 3.91. The third kappa shape index (κ3) is 13.2. The van der Waals surface area contributed by atoms with Gasteiger partial charge in [0.15, 0.2) is 0 Å². The summed E-state index contributed by atoms with van der Waals surface area (Å²) in [7, 11) is 0. The van der Waals surface area contributed by atoms with Crippen molar-refractivity contribution in [3.63, 3.8) is 0 Å². The molecule has 1 heterocycles. The molecular formula is C17H27N5O7. The molecule has 2 N–H and O–H groups in total. The lowest BCUT2D eigenvalue weighted by Gasteiger charge is -2.10. The van der Waals surface area contributed by atoms with E-state index in [1.807, 2.05) is 0 Å². The van der Waals surface area contributed by atoms with Crippen molar-refractivity contribution < 1.29 is 28.8 Å². The summed E-state index contributed by atoms with van der Waals surface area (Å²) in [5.74, 6) is -1.08. The zero-order valence-electron chi connectivity index (χ0n) is 16.2. The number of anilines is 1. The standard InChI is InChI=1S/C17H27N5O7/c18-21-20-4-6-27-8-10-29-12-11-28-9-7-26-5-3-19-15-1-2-16(23)22(13-15)14-17(24)25/h1-2,13,19H,3-12,14H2,(H,24,25). The first-order chi connectivity index (χ1) is 14.1. The van der Waals surface area contributed by atoms with Crippen LogP contribution in [0.25, 0.3) is 10.4 Å². The molecule has 0 radical (unpaired) electrons. The highest BCUT2D eigenvalue weighted by atomic mass is 16.6. The number of rotatable bonds is 18. The number of carbonyl (C=O) groups is 1. The van der Waals surface area contributed by atoms with E-state index in [1.165, 1.54) is 12.3 Å². The molecule has 0 aromatic carbocycles. The second kappa shape index (κ2) is 16.3. The number of nitrogens with one attached hydrogen (secondary N) is 1. The van der Waals surface area contributed by atoms with Crippen LogP contribution in [0.3, 0.4) is 0 Å². The van der Waals surface area contributed by atoms with E-state index in [-0.39, 0.29) is 12.1 Å². The Morgan fingerprint density at radius 3 is 2.21 bits per heavy atom. The smallest absolute Gasteiger partial charge is 0.323 e. The molecule has 0 aliphatic carbocycles. The van der Waals surface area contributed by atoms with Gasteiger partial charge in [0.1, 0.15) is 6.54 Å². The van der Waals surface area contributed by atoms with E-state index in [4.69, 9.17) is 29.6 Å². The van der Waals surface area contributed by atoms with Crippen molar-refractivity contribution in [1.29, 1.82) is 0 Å². The molecule has 0 bridgehead atoms. The number of carboxylic acid groups (broad SMARTS) is 1. The molecule has 12 nitrogen and oxygen atoms in total. The van der Waals surface area contributed by atoms with Crippen molar-refractivity contribution in [3.8, 4) is 0 Å². The number of hydrogen-bond donors (Lipinski definition) is 2. The molecule has 0 fully saturated rings. The van der Waals surface area contributed by atoms with Crippen molar-refractivity contribution in [2.24, 2.45) is 5.11 Å². The van der Waals surface area contributed by atoms with Crippen LogP contribution < -0.4 is 10.9 Å². The lowest BCUT2D eigenvalue weighted by atomic mass is 10.4. The number of hydrogen-bond acceptors (Lipinski definition) is 8. The van der Waals surface area contributed by atoms with Gasteiger partial charge in [0.2, 0.25) is 0 Å². The van der Waals surface area contributed by atoms with Gasteiger partial charge in [-0.2, -0.15) is 0 Å². The normalized spacial score (nSPS) is 10.5. The van der Waals surface area contributed by atoms with E-state index < -0.39 is 5.97 Å². The minimum absolute atomic E-state index is 0.312. The van der Waals surface area contributed by atoms with Crippen molar-refractivity contribution in [2.45, 2.75) is 6.54 Å². The van der Waals surface area contributed by atoms with Gasteiger partial charge >= 0.3 is 5.97 Å². The van der Waals surface area contributed by atoms with E-state index >= 15 is 0 Å². The number of ether oxygens (including phenoxy) is 4. The van der Waals surface area contributed by atoms with Crippen molar-refractivity contribution >= 4 is 11.7 Å². The first kappa shape index (κ1) is 24.4. The molecule has 12 heteroatoms. The van der Waals surface area contributed by atoms with Crippen LogP contribution in [0.15, 0.2) is 28.2 Å². The van der Waals surface area contributed by atoms with Gasteiger partial charge in [-0.15, -0.1) is 0 Å². The van der Waals surface area contributed by atoms with E-state index in [2.05, 4.69) is 15.3 Å². The number of pyridine rings is 1. The molecular weight excluding hydrogens is 386 g/mol. The Balaban J connectivity index is 1.93. The topological polar surface area (TPSA) is 157 Å². The molecule has 1 rings (SSSR count). The maximum Gasteiger partial charge on any atom is 0.323 e. The van der Waals surface area contributed by atoms with Gasteiger partial charge < -0.3 is 33.9 Å². The molecule has 0 atom stereocenters. The van der Waals surface area contributed by atoms with Gasteiger partial charge in [0.25, 0.3) is 5.56 Å². The van der Waals surface area contributed by atoms with Crippen molar-refractivity contribution in [1.82, 2.24) is 4.57 Å². The zero-order valence-corrected chi connectivity index (χ0v) is 16.2. The third-order valence-electron chi connectivity index (χ3n) is 3.38. The fraction of sp³-hybridized carbons (Fsp3) is 0.647. The van der Waals surface area contributed by atoms with Crippen LogP contribution in [0, 0.1) is 0 Å². The Morgan fingerprint density at radius 1 is 1.03 bits per heavy atom. The maximum atomic E-state index is 11.5. The lowest BCUT2D eigenvalue weighted by Crippen LogP contribution is -2.23. The largest absolute Gasteiger partial charge is 0.480 e. The Kier molecular flexibility index (Phi) is 13.7. The van der Waals surface area contributed by atoms with Gasteiger partial charge in [-0.3, -0.25) is 9.59 Å². The summed E-state index contributed by atoms with van der Waals surface area (Å²) in [6.07, 6.45) is 1.46. The second-order valence-corrected chi connectivity index (χ2v) is 5.61. The molecule has 0 spiro atoms. The average Bonchev–Trinajstić information content (AvgIpc) is 2.69. The second-order valence-electron chi connectivity index (χ2n) is 5.61. The van der Waals surface area contributed by atoms with Gasteiger partial charge in [0.05, 0.1) is 58.5 Å². The Hall–Kier alpha value is -2.63. The summed E-state index contributed by atoms with van der Waals surface area (Å²) < 4.78 is 22.4. The zero-order chi connectivity index (χ0) is 21.2. The van der Waals surface area contributed by atoms with Gasteiger partial charge in [-0.05, 0) is 11.6 Å². The third-order valence-corrected chi connectivity index (χ3v) is 3.38. The predicted octanol–water partition coefficient (Wildman–Crippen LogP) is 0.722. The lowest BCUT2D eigenvalue weighted by molar-refractivity contribution is -0.137. The Bertz CT molecular complexity index is 691. The van der Waals surface area contributed by atoms with Crippen LogP contribution in [0.2, 0.25) is 0 Å². The Morgan fingerprint density at radius 2 is 1.62 bits per heavy atom. The minimum atomic E-state index is -1.08. The first-order valence-corrected chi connectivity index (χ1v) is 9.11. The summed E-state index contributed by atoms with van der Waals surface area (Å²) in [6, 6.07) is 2.91. The molecule has 1 aromatic rings. The van der Waals surface area contributed by atoms with Crippen LogP contribution in [0.5, 0.6) is 0 Å². The average molecular weight is 413 g/mol. The number of carboxylic acids is 1. The summed E-state index contributed by atoms with van der Waals surface area (Å²) in [5, 5.41) is 15.2. The van der Waals surface area contributed by atoms with Crippen molar-refractivity contribution in [2.75, 3.05) is 71.3 Å². The highest BCUT2D eigenvalue weighted by Gasteiger charge is 2.03. The first-order valence-electron chi connectivity index (χ1n) is 9.11. The van der Waals surface area contributed by atoms with Gasteiger partial charge in [0, 0.05) is 30.3 Å². The van der Waals surface area contributed by atoms with Gasteiger partial charge in [-0.1, -0.05) is 5.11 Å². The molecule has 0 amide bonds. The molecule has 0 unspecified atom stereocenters. The predicted molar refractivity (Wildman–Crippen MR) is 104 cm³/mol. The van der Waals surface area contributed by atoms with Crippen LogP contribution in [0.4, 0.5) is 5.69 Å². The number of azide groups is 1. The molecule has 162 valence electrons. The molecule has 0 saturated heterocycles. The molecule has 0 saturated carbocycles. The number of aliphatic carboxylic acids is 1. The quantitative estimate of drug-likeness (QED) is 0.154.